The highest BCUT2D eigenvalue weighted by atomic mass is 32.2. The molecule has 0 aliphatic heterocycles. The lowest BCUT2D eigenvalue weighted by atomic mass is 10.2. The number of rotatable bonds is 7. The van der Waals surface area contributed by atoms with Gasteiger partial charge in [0.2, 0.25) is 10.0 Å². The Hall–Kier alpha value is -2.18. The van der Waals surface area contributed by atoms with Crippen molar-refractivity contribution in [3.63, 3.8) is 0 Å². The third-order valence-electron chi connectivity index (χ3n) is 3.70. The molecule has 0 amide bonds. The van der Waals surface area contributed by atoms with E-state index in [2.05, 4.69) is 0 Å². The van der Waals surface area contributed by atoms with E-state index in [0.717, 1.165) is 10.3 Å². The molecule has 2 aromatic rings. The van der Waals surface area contributed by atoms with Gasteiger partial charge >= 0.3 is 0 Å². The van der Waals surface area contributed by atoms with E-state index in [4.69, 9.17) is 0 Å². The Morgan fingerprint density at radius 2 is 1.58 bits per heavy atom. The van der Waals surface area contributed by atoms with Crippen LogP contribution in [0.3, 0.4) is 0 Å². The van der Waals surface area contributed by atoms with Gasteiger partial charge in [0.15, 0.2) is 12.8 Å². The van der Waals surface area contributed by atoms with Crippen molar-refractivity contribution in [3.05, 3.63) is 70.9 Å². The van der Waals surface area contributed by atoms with E-state index in [1.165, 1.54) is 22.7 Å². The maximum atomic E-state index is 12.4. The van der Waals surface area contributed by atoms with Gasteiger partial charge in [0.1, 0.15) is 0 Å². The molecule has 0 spiro atoms. The first-order valence-corrected chi connectivity index (χ1v) is 9.34. The number of nitrogens with zero attached hydrogens (tertiary/aromatic N) is 2. The van der Waals surface area contributed by atoms with Crippen LogP contribution >= 0.6 is 0 Å². The van der Waals surface area contributed by atoms with Gasteiger partial charge in [-0.15, -0.1) is 0 Å². The van der Waals surface area contributed by atoms with Gasteiger partial charge in [0.05, 0.1) is 4.90 Å². The lowest BCUT2D eigenvalue weighted by Crippen LogP contribution is -2.30. The van der Waals surface area contributed by atoms with Gasteiger partial charge in [0.25, 0.3) is 0 Å². The highest BCUT2D eigenvalue weighted by Crippen LogP contribution is 2.15. The fraction of sp³-hybridized carbons (Fsp3) is 0.278. The molecule has 5 nitrogen and oxygen atoms in total. The summed E-state index contributed by atoms with van der Waals surface area (Å²) in [6.07, 6.45) is 1.46. The summed E-state index contributed by atoms with van der Waals surface area (Å²) in [5, 5.41) is 12.0. The van der Waals surface area contributed by atoms with E-state index in [1.54, 1.807) is 12.1 Å². The monoisotopic (exact) mass is 346 g/mol. The standard InChI is InChI=1S/C18H22N2O3S/c1-3-20(4-2)24(22,23)18-12-10-17(11-13-18)15-19(21)14-16-8-6-5-7-9-16/h5-13,15H,3-4,14H2,1-2H3. The normalized spacial score (nSPS) is 12.5. The lowest BCUT2D eigenvalue weighted by molar-refractivity contribution is -0.469. The van der Waals surface area contributed by atoms with Crippen molar-refractivity contribution < 1.29 is 13.2 Å². The number of benzene rings is 2. The fourth-order valence-electron chi connectivity index (χ4n) is 2.41. The molecule has 128 valence electrons. The molecule has 0 unspecified atom stereocenters. The molecule has 0 bridgehead atoms. The van der Waals surface area contributed by atoms with Gasteiger partial charge in [-0.25, -0.2) is 13.2 Å². The fourth-order valence-corrected chi connectivity index (χ4v) is 3.87. The van der Waals surface area contributed by atoms with Crippen molar-refractivity contribution in [2.75, 3.05) is 13.1 Å². The van der Waals surface area contributed by atoms with Crippen molar-refractivity contribution in [1.29, 1.82) is 0 Å². The van der Waals surface area contributed by atoms with Crippen molar-refractivity contribution >= 4 is 16.2 Å². The van der Waals surface area contributed by atoms with E-state index in [0.29, 0.717) is 18.7 Å². The lowest BCUT2D eigenvalue weighted by Gasteiger charge is -2.18. The summed E-state index contributed by atoms with van der Waals surface area (Å²) in [7, 11) is -3.47. The van der Waals surface area contributed by atoms with Gasteiger partial charge in [-0.3, -0.25) is 0 Å². The summed E-state index contributed by atoms with van der Waals surface area (Å²) >= 11 is 0. The maximum absolute atomic E-state index is 12.4. The van der Waals surface area contributed by atoms with Crippen LogP contribution < -0.4 is 0 Å². The first-order valence-electron chi connectivity index (χ1n) is 7.90. The first-order chi connectivity index (χ1) is 11.5. The average molecular weight is 346 g/mol. The molecular weight excluding hydrogens is 324 g/mol. The van der Waals surface area contributed by atoms with Crippen LogP contribution in [0, 0.1) is 5.21 Å². The Labute approximate surface area is 143 Å². The van der Waals surface area contributed by atoms with E-state index in [1.807, 2.05) is 44.2 Å². The second kappa shape index (κ2) is 8.08. The molecule has 2 aromatic carbocycles. The van der Waals surface area contributed by atoms with Crippen LogP contribution in [0.4, 0.5) is 0 Å². The van der Waals surface area contributed by atoms with Crippen LogP contribution in [0.1, 0.15) is 25.0 Å². The summed E-state index contributed by atoms with van der Waals surface area (Å²) < 4.78 is 27.1. The number of hydrogen-bond acceptors (Lipinski definition) is 3. The molecule has 0 fully saturated rings. The van der Waals surface area contributed by atoms with Crippen LogP contribution in [0.5, 0.6) is 0 Å². The zero-order valence-electron chi connectivity index (χ0n) is 13.9. The van der Waals surface area contributed by atoms with Crippen LogP contribution in [-0.4, -0.2) is 36.8 Å². The first kappa shape index (κ1) is 18.2. The Balaban J connectivity index is 2.16. The Kier molecular flexibility index (Phi) is 6.11. The summed E-state index contributed by atoms with van der Waals surface area (Å²) in [6.45, 7) is 4.72. The quantitative estimate of drug-likeness (QED) is 0.335. The molecular formula is C18H22N2O3S. The molecule has 0 aromatic heterocycles. The summed E-state index contributed by atoms with van der Waals surface area (Å²) in [4.78, 5) is 0.240. The third kappa shape index (κ3) is 4.43. The zero-order chi connectivity index (χ0) is 17.6. The van der Waals surface area contributed by atoms with Crippen molar-refractivity contribution in [1.82, 2.24) is 4.31 Å². The topological polar surface area (TPSA) is 63.5 Å². The second-order valence-electron chi connectivity index (χ2n) is 5.35. The van der Waals surface area contributed by atoms with E-state index in [-0.39, 0.29) is 11.4 Å². The Morgan fingerprint density at radius 1 is 1.00 bits per heavy atom. The molecule has 0 N–H and O–H groups in total. The molecule has 0 heterocycles. The summed E-state index contributed by atoms with van der Waals surface area (Å²) in [5.74, 6) is 0. The molecule has 0 radical (unpaired) electrons. The van der Waals surface area contributed by atoms with Gasteiger partial charge < -0.3 is 5.21 Å². The summed E-state index contributed by atoms with van der Waals surface area (Å²) in [5.41, 5.74) is 1.59. The van der Waals surface area contributed by atoms with Gasteiger partial charge in [-0.05, 0) is 24.3 Å². The third-order valence-corrected chi connectivity index (χ3v) is 5.76. The van der Waals surface area contributed by atoms with E-state index < -0.39 is 10.0 Å². The maximum Gasteiger partial charge on any atom is 0.243 e. The summed E-state index contributed by atoms with van der Waals surface area (Å²) in [6, 6.07) is 15.8. The molecule has 0 aliphatic rings. The minimum Gasteiger partial charge on any atom is -0.624 e. The van der Waals surface area contributed by atoms with Crippen LogP contribution in [0.25, 0.3) is 0 Å². The minimum absolute atomic E-state index is 0.240. The average Bonchev–Trinajstić information content (AvgIpc) is 2.57. The SMILES string of the molecule is CCN(CC)S(=O)(=O)c1ccc(C=[N+]([O-])Cc2ccccc2)cc1. The van der Waals surface area contributed by atoms with Gasteiger partial charge in [-0.2, -0.15) is 4.31 Å². The number of hydrogen-bond donors (Lipinski definition) is 0. The second-order valence-corrected chi connectivity index (χ2v) is 7.29. The largest absolute Gasteiger partial charge is 0.624 e. The smallest absolute Gasteiger partial charge is 0.243 e. The number of sulfonamides is 1. The molecule has 0 atom stereocenters. The van der Waals surface area contributed by atoms with E-state index >= 15 is 0 Å². The van der Waals surface area contributed by atoms with Gasteiger partial charge in [0, 0.05) is 24.2 Å². The predicted molar refractivity (Wildman–Crippen MR) is 95.5 cm³/mol. The minimum atomic E-state index is -3.47. The molecule has 0 aliphatic carbocycles. The van der Waals surface area contributed by atoms with E-state index in [9.17, 15) is 13.6 Å². The Bertz CT molecular complexity index is 781. The van der Waals surface area contributed by atoms with Gasteiger partial charge in [-0.1, -0.05) is 44.2 Å². The molecule has 24 heavy (non-hydrogen) atoms. The highest BCUT2D eigenvalue weighted by Gasteiger charge is 2.21. The Morgan fingerprint density at radius 3 is 2.12 bits per heavy atom. The molecule has 0 saturated carbocycles. The number of hydroxylamine groups is 1. The van der Waals surface area contributed by atoms with Crippen molar-refractivity contribution in [2.24, 2.45) is 0 Å². The van der Waals surface area contributed by atoms with Crippen molar-refractivity contribution in [3.8, 4) is 0 Å². The predicted octanol–water partition coefficient (Wildman–Crippen LogP) is 2.85. The molecule has 0 saturated heterocycles. The van der Waals surface area contributed by atoms with Crippen LogP contribution in [0.15, 0.2) is 59.5 Å². The highest BCUT2D eigenvalue weighted by molar-refractivity contribution is 7.89. The molecule has 2 rings (SSSR count). The van der Waals surface area contributed by atoms with Crippen molar-refractivity contribution in [2.45, 2.75) is 25.3 Å². The van der Waals surface area contributed by atoms with Crippen LogP contribution in [-0.2, 0) is 16.6 Å². The zero-order valence-corrected chi connectivity index (χ0v) is 14.7. The van der Waals surface area contributed by atoms with Crippen LogP contribution in [0.2, 0.25) is 0 Å². The molecule has 6 heteroatoms.